The van der Waals surface area contributed by atoms with Gasteiger partial charge in [-0.1, -0.05) is 23.7 Å². The van der Waals surface area contributed by atoms with E-state index in [1.807, 2.05) is 19.9 Å². The summed E-state index contributed by atoms with van der Waals surface area (Å²) >= 11 is 6.09. The van der Waals surface area contributed by atoms with Crippen molar-refractivity contribution in [3.05, 3.63) is 76.3 Å². The van der Waals surface area contributed by atoms with Gasteiger partial charge in [0.05, 0.1) is 35.5 Å². The lowest BCUT2D eigenvalue weighted by Crippen LogP contribution is -2.15. The molecule has 3 rings (SSSR count). The number of nitrogens with one attached hydrogen (secondary N) is 2. The van der Waals surface area contributed by atoms with Crippen LogP contribution in [0.3, 0.4) is 0 Å². The van der Waals surface area contributed by atoms with Crippen molar-refractivity contribution in [3.8, 4) is 11.5 Å². The quantitative estimate of drug-likeness (QED) is 0.501. The molecule has 3 aromatic carbocycles. The molecule has 0 atom stereocenters. The molecule has 0 unspecified atom stereocenters. The van der Waals surface area contributed by atoms with Crippen molar-refractivity contribution < 1.29 is 22.7 Å². The van der Waals surface area contributed by atoms with E-state index >= 15 is 0 Å². The fourth-order valence-corrected chi connectivity index (χ4v) is 4.36. The summed E-state index contributed by atoms with van der Waals surface area (Å²) in [6.45, 7) is 3.76. The highest BCUT2D eigenvalue weighted by molar-refractivity contribution is 7.92. The average Bonchev–Trinajstić information content (AvgIpc) is 2.77. The van der Waals surface area contributed by atoms with E-state index in [1.165, 1.54) is 44.6 Å². The fourth-order valence-electron chi connectivity index (χ4n) is 3.00. The van der Waals surface area contributed by atoms with Crippen LogP contribution in [0.1, 0.15) is 21.5 Å². The first-order valence-electron chi connectivity index (χ1n) is 9.58. The minimum Gasteiger partial charge on any atom is -0.495 e. The number of carbonyl (C=O) groups is 1. The smallest absolute Gasteiger partial charge is 0.261 e. The van der Waals surface area contributed by atoms with Crippen LogP contribution in [0.15, 0.2) is 59.5 Å². The zero-order valence-corrected chi connectivity index (χ0v) is 19.6. The Labute approximate surface area is 192 Å². The molecule has 32 heavy (non-hydrogen) atoms. The number of aryl methyl sites for hydroxylation is 1. The maximum Gasteiger partial charge on any atom is 0.261 e. The second kappa shape index (κ2) is 9.50. The number of anilines is 2. The molecule has 3 aromatic rings. The van der Waals surface area contributed by atoms with Gasteiger partial charge in [0.2, 0.25) is 0 Å². The van der Waals surface area contributed by atoms with Gasteiger partial charge in [-0.3, -0.25) is 9.52 Å². The first-order valence-corrected chi connectivity index (χ1v) is 11.4. The van der Waals surface area contributed by atoms with E-state index in [2.05, 4.69) is 10.0 Å². The maximum atomic E-state index is 12.8. The SMILES string of the molecule is COc1cc(NC(=O)c2ccc(S(=O)(=O)Nc3cccc(C)c3C)cc2)c(OC)cc1Cl. The zero-order valence-electron chi connectivity index (χ0n) is 18.0. The minimum absolute atomic E-state index is 0.0423. The Bertz CT molecular complexity index is 1260. The number of carbonyl (C=O) groups excluding carboxylic acids is 1. The van der Waals surface area contributed by atoms with Crippen molar-refractivity contribution in [2.75, 3.05) is 24.3 Å². The number of hydrogen-bond donors (Lipinski definition) is 2. The summed E-state index contributed by atoms with van der Waals surface area (Å²) in [5.41, 5.74) is 2.97. The number of methoxy groups -OCH3 is 2. The van der Waals surface area contributed by atoms with Crippen LogP contribution in [0.2, 0.25) is 5.02 Å². The first-order chi connectivity index (χ1) is 15.2. The van der Waals surface area contributed by atoms with Crippen LogP contribution in [-0.4, -0.2) is 28.5 Å². The van der Waals surface area contributed by atoms with E-state index in [0.29, 0.717) is 27.9 Å². The summed E-state index contributed by atoms with van der Waals surface area (Å²) in [5, 5.41) is 3.06. The highest BCUT2D eigenvalue weighted by Crippen LogP contribution is 2.36. The standard InChI is InChI=1S/C23H23ClN2O5S/c1-14-6-5-7-19(15(14)2)26-32(28,29)17-10-8-16(9-11-17)23(27)25-20-13-21(30-3)18(24)12-22(20)31-4/h5-13,26H,1-4H3,(H,25,27). The molecule has 0 radical (unpaired) electrons. The van der Waals surface area contributed by atoms with E-state index < -0.39 is 15.9 Å². The Balaban J connectivity index is 1.81. The Kier molecular flexibility index (Phi) is 6.96. The lowest BCUT2D eigenvalue weighted by atomic mass is 10.1. The van der Waals surface area contributed by atoms with Gasteiger partial charge in [-0.05, 0) is 55.3 Å². The summed E-state index contributed by atoms with van der Waals surface area (Å²) in [6, 6.07) is 14.1. The topological polar surface area (TPSA) is 93.7 Å². The van der Waals surface area contributed by atoms with Crippen LogP contribution < -0.4 is 19.5 Å². The number of amides is 1. The van der Waals surface area contributed by atoms with Crippen LogP contribution in [-0.2, 0) is 10.0 Å². The molecule has 0 fully saturated rings. The van der Waals surface area contributed by atoms with E-state index in [4.69, 9.17) is 21.1 Å². The molecular weight excluding hydrogens is 452 g/mol. The summed E-state index contributed by atoms with van der Waals surface area (Å²) in [7, 11) is -0.893. The number of sulfonamides is 1. The molecule has 0 aliphatic carbocycles. The maximum absolute atomic E-state index is 12.8. The van der Waals surface area contributed by atoms with E-state index in [0.717, 1.165) is 11.1 Å². The molecule has 2 N–H and O–H groups in total. The largest absolute Gasteiger partial charge is 0.495 e. The number of rotatable bonds is 7. The number of hydrogen-bond acceptors (Lipinski definition) is 5. The average molecular weight is 475 g/mol. The summed E-state index contributed by atoms with van der Waals surface area (Å²) in [5.74, 6) is 0.293. The van der Waals surface area contributed by atoms with Crippen LogP contribution in [0.25, 0.3) is 0 Å². The molecule has 1 amide bonds. The van der Waals surface area contributed by atoms with Crippen LogP contribution in [0, 0.1) is 13.8 Å². The normalized spacial score (nSPS) is 11.0. The van der Waals surface area contributed by atoms with Crippen LogP contribution in [0.4, 0.5) is 11.4 Å². The number of ether oxygens (including phenoxy) is 2. The van der Waals surface area contributed by atoms with Gasteiger partial charge < -0.3 is 14.8 Å². The van der Waals surface area contributed by atoms with Crippen molar-refractivity contribution in [3.63, 3.8) is 0 Å². The summed E-state index contributed by atoms with van der Waals surface area (Å²) < 4.78 is 38.6. The first kappa shape index (κ1) is 23.4. The molecule has 0 heterocycles. The zero-order chi connectivity index (χ0) is 23.5. The van der Waals surface area contributed by atoms with Gasteiger partial charge >= 0.3 is 0 Å². The third-order valence-corrected chi connectivity index (χ3v) is 6.67. The van der Waals surface area contributed by atoms with Gasteiger partial charge in [0.1, 0.15) is 11.5 Å². The monoisotopic (exact) mass is 474 g/mol. The Morgan fingerprint density at radius 1 is 0.906 bits per heavy atom. The third-order valence-electron chi connectivity index (χ3n) is 5.00. The second-order valence-corrected chi connectivity index (χ2v) is 9.11. The van der Waals surface area contributed by atoms with Crippen molar-refractivity contribution in [2.24, 2.45) is 0 Å². The van der Waals surface area contributed by atoms with Gasteiger partial charge in [-0.2, -0.15) is 0 Å². The molecular formula is C23H23ClN2O5S. The number of benzene rings is 3. The Hall–Kier alpha value is -3.23. The van der Waals surface area contributed by atoms with Crippen LogP contribution >= 0.6 is 11.6 Å². The molecule has 0 bridgehead atoms. The van der Waals surface area contributed by atoms with E-state index in [-0.39, 0.29) is 10.5 Å². The molecule has 0 aromatic heterocycles. The van der Waals surface area contributed by atoms with Crippen LogP contribution in [0.5, 0.6) is 11.5 Å². The molecule has 0 aliphatic heterocycles. The van der Waals surface area contributed by atoms with Crippen molar-refractivity contribution in [2.45, 2.75) is 18.7 Å². The number of halogens is 1. The predicted octanol–water partition coefficient (Wildman–Crippen LogP) is 5.03. The van der Waals surface area contributed by atoms with Gasteiger partial charge in [0, 0.05) is 17.7 Å². The van der Waals surface area contributed by atoms with Gasteiger partial charge in [-0.25, -0.2) is 8.42 Å². The molecule has 0 spiro atoms. The third kappa shape index (κ3) is 4.98. The highest BCUT2D eigenvalue weighted by Gasteiger charge is 2.18. The van der Waals surface area contributed by atoms with Crippen molar-refractivity contribution in [1.82, 2.24) is 0 Å². The molecule has 7 nitrogen and oxygen atoms in total. The van der Waals surface area contributed by atoms with Crippen molar-refractivity contribution >= 4 is 38.9 Å². The molecule has 9 heteroatoms. The van der Waals surface area contributed by atoms with E-state index in [1.54, 1.807) is 18.2 Å². The van der Waals surface area contributed by atoms with Crippen molar-refractivity contribution in [1.29, 1.82) is 0 Å². The molecule has 0 saturated carbocycles. The second-order valence-electron chi connectivity index (χ2n) is 7.02. The lowest BCUT2D eigenvalue weighted by Gasteiger charge is -2.14. The predicted molar refractivity (Wildman–Crippen MR) is 126 cm³/mol. The van der Waals surface area contributed by atoms with E-state index in [9.17, 15) is 13.2 Å². The highest BCUT2D eigenvalue weighted by atomic mass is 35.5. The lowest BCUT2D eigenvalue weighted by molar-refractivity contribution is 0.102. The van der Waals surface area contributed by atoms with Gasteiger partial charge in [-0.15, -0.1) is 0 Å². The molecule has 0 aliphatic rings. The summed E-state index contributed by atoms with van der Waals surface area (Å²) in [6.07, 6.45) is 0. The fraction of sp³-hybridized carbons (Fsp3) is 0.174. The summed E-state index contributed by atoms with van der Waals surface area (Å²) in [4.78, 5) is 12.7. The Morgan fingerprint density at radius 2 is 1.56 bits per heavy atom. The minimum atomic E-state index is -3.81. The van der Waals surface area contributed by atoms with Gasteiger partial charge in [0.25, 0.3) is 15.9 Å². The van der Waals surface area contributed by atoms with Gasteiger partial charge in [0.15, 0.2) is 0 Å². The molecule has 0 saturated heterocycles. The molecule has 168 valence electrons. The Morgan fingerprint density at radius 3 is 2.19 bits per heavy atom.